The van der Waals surface area contributed by atoms with E-state index in [0.29, 0.717) is 12.4 Å². The van der Waals surface area contributed by atoms with Crippen molar-refractivity contribution in [3.8, 4) is 11.5 Å². The molecule has 0 bridgehead atoms. The molecule has 0 unspecified atom stereocenters. The van der Waals surface area contributed by atoms with Crippen molar-refractivity contribution in [2.75, 3.05) is 6.54 Å². The first kappa shape index (κ1) is 13.5. The fourth-order valence-electron chi connectivity index (χ4n) is 2.08. The van der Waals surface area contributed by atoms with Crippen molar-refractivity contribution in [2.24, 2.45) is 5.73 Å². The van der Waals surface area contributed by atoms with Crippen LogP contribution in [0.3, 0.4) is 0 Å². The molecule has 0 aliphatic heterocycles. The monoisotopic (exact) mass is 257 g/mol. The number of nitrogens with zero attached hydrogens (tertiary/aromatic N) is 4. The molecule has 0 radical (unpaired) electrons. The maximum Gasteiger partial charge on any atom is 0.178 e. The van der Waals surface area contributed by atoms with Gasteiger partial charge in [-0.2, -0.15) is 0 Å². The average Bonchev–Trinajstić information content (AvgIpc) is 2.37. The van der Waals surface area contributed by atoms with Crippen LogP contribution in [0.5, 0.6) is 0 Å². The van der Waals surface area contributed by atoms with E-state index in [1.807, 2.05) is 26.8 Å². The number of hydrogen-bond donors (Lipinski definition) is 1. The van der Waals surface area contributed by atoms with Gasteiger partial charge >= 0.3 is 0 Å². The third-order valence-corrected chi connectivity index (χ3v) is 3.06. The van der Waals surface area contributed by atoms with Gasteiger partial charge in [0.15, 0.2) is 5.82 Å². The number of aryl methyl sites for hydroxylation is 3. The average molecular weight is 257 g/mol. The van der Waals surface area contributed by atoms with E-state index in [0.717, 1.165) is 35.7 Å². The molecule has 0 aliphatic carbocycles. The molecule has 2 aromatic heterocycles. The molecule has 2 N–H and O–H groups in total. The summed E-state index contributed by atoms with van der Waals surface area (Å²) >= 11 is 0. The standard InChI is InChI=1S/C14H19N5/c1-9-12(5-4-7-15)10(2)18-14(17-9)13-6-8-16-11(3)19-13/h6,8H,4-5,7,15H2,1-3H3. The molecule has 2 heterocycles. The Labute approximate surface area is 113 Å². The van der Waals surface area contributed by atoms with Gasteiger partial charge in [-0.25, -0.2) is 19.9 Å². The van der Waals surface area contributed by atoms with Gasteiger partial charge in [-0.1, -0.05) is 0 Å². The molecule has 0 saturated heterocycles. The first-order chi connectivity index (χ1) is 9.11. The first-order valence-corrected chi connectivity index (χ1v) is 6.46. The third kappa shape index (κ3) is 3.12. The van der Waals surface area contributed by atoms with Crippen LogP contribution in [0.15, 0.2) is 12.3 Å². The van der Waals surface area contributed by atoms with Gasteiger partial charge in [-0.3, -0.25) is 0 Å². The zero-order valence-electron chi connectivity index (χ0n) is 11.6. The highest BCUT2D eigenvalue weighted by atomic mass is 15.0. The SMILES string of the molecule is Cc1nccc(-c2nc(C)c(CCCN)c(C)n2)n1. The van der Waals surface area contributed by atoms with Crippen LogP contribution in [-0.2, 0) is 6.42 Å². The minimum absolute atomic E-state index is 0.664. The molecule has 2 rings (SSSR count). The molecule has 5 nitrogen and oxygen atoms in total. The van der Waals surface area contributed by atoms with E-state index in [-0.39, 0.29) is 0 Å². The normalized spacial score (nSPS) is 10.7. The van der Waals surface area contributed by atoms with Gasteiger partial charge in [-0.15, -0.1) is 0 Å². The molecule has 0 aliphatic rings. The van der Waals surface area contributed by atoms with Crippen LogP contribution in [-0.4, -0.2) is 26.5 Å². The Morgan fingerprint density at radius 3 is 2.32 bits per heavy atom. The summed E-state index contributed by atoms with van der Waals surface area (Å²) in [6.45, 7) is 6.57. The van der Waals surface area contributed by atoms with Crippen molar-refractivity contribution in [3.05, 3.63) is 35.0 Å². The van der Waals surface area contributed by atoms with Crippen LogP contribution in [0, 0.1) is 20.8 Å². The van der Waals surface area contributed by atoms with E-state index in [1.54, 1.807) is 6.20 Å². The maximum atomic E-state index is 5.56. The van der Waals surface area contributed by atoms with Gasteiger partial charge in [0.1, 0.15) is 11.5 Å². The zero-order chi connectivity index (χ0) is 13.8. The Bertz CT molecular complexity index is 557. The molecule has 0 amide bonds. The molecule has 19 heavy (non-hydrogen) atoms. The molecule has 5 heteroatoms. The van der Waals surface area contributed by atoms with Gasteiger partial charge in [0.2, 0.25) is 0 Å². The predicted octanol–water partition coefficient (Wildman–Crippen LogP) is 1.75. The van der Waals surface area contributed by atoms with Crippen LogP contribution >= 0.6 is 0 Å². The topological polar surface area (TPSA) is 77.6 Å². The van der Waals surface area contributed by atoms with Crippen molar-refractivity contribution in [1.29, 1.82) is 0 Å². The molecule has 0 saturated carbocycles. The predicted molar refractivity (Wildman–Crippen MR) is 74.6 cm³/mol. The molecule has 0 fully saturated rings. The van der Waals surface area contributed by atoms with Crippen molar-refractivity contribution < 1.29 is 0 Å². The first-order valence-electron chi connectivity index (χ1n) is 6.46. The molecule has 100 valence electrons. The summed E-state index contributed by atoms with van der Waals surface area (Å²) in [5.41, 5.74) is 9.53. The lowest BCUT2D eigenvalue weighted by Crippen LogP contribution is -2.07. The lowest BCUT2D eigenvalue weighted by atomic mass is 10.1. The van der Waals surface area contributed by atoms with Gasteiger partial charge in [-0.05, 0) is 51.8 Å². The van der Waals surface area contributed by atoms with Gasteiger partial charge in [0.05, 0.1) is 0 Å². The van der Waals surface area contributed by atoms with Crippen LogP contribution in [0.1, 0.15) is 29.2 Å². The summed E-state index contributed by atoms with van der Waals surface area (Å²) < 4.78 is 0. The fraction of sp³-hybridized carbons (Fsp3) is 0.429. The third-order valence-electron chi connectivity index (χ3n) is 3.06. The molecule has 0 spiro atoms. The fourth-order valence-corrected chi connectivity index (χ4v) is 2.08. The minimum Gasteiger partial charge on any atom is -0.330 e. The summed E-state index contributed by atoms with van der Waals surface area (Å²) in [6.07, 6.45) is 3.61. The number of hydrogen-bond acceptors (Lipinski definition) is 5. The Morgan fingerprint density at radius 1 is 1.05 bits per heavy atom. The summed E-state index contributed by atoms with van der Waals surface area (Å²) in [7, 11) is 0. The van der Waals surface area contributed by atoms with Crippen LogP contribution in [0.2, 0.25) is 0 Å². The van der Waals surface area contributed by atoms with Gasteiger partial charge in [0, 0.05) is 17.6 Å². The lowest BCUT2D eigenvalue weighted by molar-refractivity contribution is 0.805. The minimum atomic E-state index is 0.664. The summed E-state index contributed by atoms with van der Waals surface area (Å²) in [5, 5.41) is 0. The maximum absolute atomic E-state index is 5.56. The van der Waals surface area contributed by atoms with E-state index in [2.05, 4.69) is 19.9 Å². The quantitative estimate of drug-likeness (QED) is 0.902. The Kier molecular flexibility index (Phi) is 4.16. The van der Waals surface area contributed by atoms with Crippen molar-refractivity contribution in [2.45, 2.75) is 33.6 Å². The van der Waals surface area contributed by atoms with Crippen molar-refractivity contribution in [1.82, 2.24) is 19.9 Å². The second kappa shape index (κ2) is 5.84. The molecular weight excluding hydrogens is 238 g/mol. The second-order valence-corrected chi connectivity index (χ2v) is 4.58. The number of aromatic nitrogens is 4. The highest BCUT2D eigenvalue weighted by Crippen LogP contribution is 2.18. The Hall–Kier alpha value is -1.88. The Morgan fingerprint density at radius 2 is 1.74 bits per heavy atom. The smallest absolute Gasteiger partial charge is 0.178 e. The highest BCUT2D eigenvalue weighted by molar-refractivity contribution is 5.49. The van der Waals surface area contributed by atoms with E-state index >= 15 is 0 Å². The molecular formula is C14H19N5. The van der Waals surface area contributed by atoms with Gasteiger partial charge in [0.25, 0.3) is 0 Å². The zero-order valence-corrected chi connectivity index (χ0v) is 11.6. The second-order valence-electron chi connectivity index (χ2n) is 4.58. The van der Waals surface area contributed by atoms with Crippen molar-refractivity contribution in [3.63, 3.8) is 0 Å². The number of nitrogens with two attached hydrogens (primary N) is 1. The van der Waals surface area contributed by atoms with Crippen LogP contribution in [0.4, 0.5) is 0 Å². The summed E-state index contributed by atoms with van der Waals surface area (Å²) in [5.74, 6) is 1.39. The molecule has 0 atom stereocenters. The van der Waals surface area contributed by atoms with Crippen LogP contribution in [0.25, 0.3) is 11.5 Å². The highest BCUT2D eigenvalue weighted by Gasteiger charge is 2.10. The van der Waals surface area contributed by atoms with E-state index in [9.17, 15) is 0 Å². The number of rotatable bonds is 4. The molecule has 2 aromatic rings. The van der Waals surface area contributed by atoms with Crippen molar-refractivity contribution >= 4 is 0 Å². The lowest BCUT2D eigenvalue weighted by Gasteiger charge is -2.10. The van der Waals surface area contributed by atoms with Gasteiger partial charge < -0.3 is 5.73 Å². The summed E-state index contributed by atoms with van der Waals surface area (Å²) in [6, 6.07) is 1.83. The van der Waals surface area contributed by atoms with E-state index < -0.39 is 0 Å². The van der Waals surface area contributed by atoms with E-state index in [4.69, 9.17) is 5.73 Å². The molecule has 0 aromatic carbocycles. The summed E-state index contributed by atoms with van der Waals surface area (Å²) in [4.78, 5) is 17.6. The Balaban J connectivity index is 2.39. The van der Waals surface area contributed by atoms with Crippen LogP contribution < -0.4 is 5.73 Å². The largest absolute Gasteiger partial charge is 0.330 e. The van der Waals surface area contributed by atoms with E-state index in [1.165, 1.54) is 5.56 Å².